The van der Waals surface area contributed by atoms with Gasteiger partial charge in [0.1, 0.15) is 22.7 Å². The number of aliphatic hydroxyl groups is 2. The van der Waals surface area contributed by atoms with Crippen LogP contribution in [-0.2, 0) is 4.79 Å². The molecule has 0 saturated heterocycles. The summed E-state index contributed by atoms with van der Waals surface area (Å²) in [6, 6.07) is 1.40. The number of carbonyl (C=O) groups excluding carboxylic acids is 1. The maximum absolute atomic E-state index is 12.9. The van der Waals surface area contributed by atoms with Crippen molar-refractivity contribution < 1.29 is 24.2 Å². The molecule has 2 aliphatic carbocycles. The van der Waals surface area contributed by atoms with Crippen LogP contribution in [0.5, 0.6) is 5.95 Å². The van der Waals surface area contributed by atoms with Gasteiger partial charge in [-0.25, -0.2) is 0 Å². The minimum absolute atomic E-state index is 0.0162. The van der Waals surface area contributed by atoms with Crippen LogP contribution in [0, 0.1) is 10.8 Å². The lowest BCUT2D eigenvalue weighted by Gasteiger charge is -2.64. The second-order valence-electron chi connectivity index (χ2n) is 9.64. The highest BCUT2D eigenvalue weighted by molar-refractivity contribution is 5.87. The molecule has 0 spiro atoms. The van der Waals surface area contributed by atoms with E-state index in [1.807, 2.05) is 26.0 Å². The SMILES string of the molecule is CC=CC=Cc1cc(=O)c2c(o1)OC1(C)CCC3(O)C(C)(C)C(=O)CCC3(CO)C1=C2. The zero-order chi connectivity index (χ0) is 22.7. The van der Waals surface area contributed by atoms with Crippen molar-refractivity contribution in [1.82, 2.24) is 0 Å². The molecule has 1 aromatic heterocycles. The van der Waals surface area contributed by atoms with Crippen LogP contribution in [0.25, 0.3) is 12.2 Å². The number of aliphatic hydroxyl groups excluding tert-OH is 1. The molecule has 31 heavy (non-hydrogen) atoms. The smallest absolute Gasteiger partial charge is 0.297 e. The van der Waals surface area contributed by atoms with Crippen LogP contribution < -0.4 is 10.2 Å². The molecule has 2 N–H and O–H groups in total. The quantitative estimate of drug-likeness (QED) is 0.716. The topological polar surface area (TPSA) is 97.0 Å². The number of rotatable bonds is 3. The molecule has 3 aliphatic rings. The van der Waals surface area contributed by atoms with Crippen LogP contribution in [0.3, 0.4) is 0 Å². The largest absolute Gasteiger partial charge is 0.454 e. The number of ketones is 1. The summed E-state index contributed by atoms with van der Waals surface area (Å²) in [5, 5.41) is 22.5. The van der Waals surface area contributed by atoms with Gasteiger partial charge in [0.05, 0.1) is 17.6 Å². The highest BCUT2D eigenvalue weighted by atomic mass is 16.6. The molecule has 4 rings (SSSR count). The van der Waals surface area contributed by atoms with Gasteiger partial charge in [-0.05, 0) is 50.8 Å². The van der Waals surface area contributed by atoms with E-state index in [4.69, 9.17) is 9.15 Å². The third-order valence-corrected chi connectivity index (χ3v) is 7.76. The first-order valence-corrected chi connectivity index (χ1v) is 10.8. The maximum atomic E-state index is 12.9. The maximum Gasteiger partial charge on any atom is 0.297 e. The number of ether oxygens (including phenoxy) is 1. The predicted molar refractivity (Wildman–Crippen MR) is 118 cm³/mol. The molecule has 2 heterocycles. The Labute approximate surface area is 181 Å². The monoisotopic (exact) mass is 426 g/mol. The standard InChI is InChI=1S/C25H30O6/c1-5-6-7-8-16-13-18(27)17-14-19-23(4,31-21(17)30-16)11-12-25(29)22(2,3)20(28)9-10-24(19,25)15-26/h5-8,13-14,26,29H,9-12,15H2,1-4H3. The summed E-state index contributed by atoms with van der Waals surface area (Å²) in [4.78, 5) is 25.6. The van der Waals surface area contributed by atoms with E-state index < -0.39 is 22.0 Å². The molecule has 1 aliphatic heterocycles. The first-order chi connectivity index (χ1) is 14.5. The molecule has 1 aromatic rings. The summed E-state index contributed by atoms with van der Waals surface area (Å²) in [5.74, 6) is 0.511. The van der Waals surface area contributed by atoms with Gasteiger partial charge in [-0.2, -0.15) is 0 Å². The van der Waals surface area contributed by atoms with E-state index >= 15 is 0 Å². The third kappa shape index (κ3) is 2.84. The second-order valence-corrected chi connectivity index (χ2v) is 9.64. The fourth-order valence-corrected chi connectivity index (χ4v) is 5.73. The first-order valence-electron chi connectivity index (χ1n) is 10.8. The van der Waals surface area contributed by atoms with Crippen LogP contribution in [0.2, 0.25) is 0 Å². The van der Waals surface area contributed by atoms with Gasteiger partial charge in [-0.1, -0.05) is 32.1 Å². The Bertz CT molecular complexity index is 1070. The van der Waals surface area contributed by atoms with Crippen LogP contribution in [0.1, 0.15) is 64.7 Å². The van der Waals surface area contributed by atoms with E-state index in [-0.39, 0.29) is 35.7 Å². The second kappa shape index (κ2) is 7.04. The van der Waals surface area contributed by atoms with Crippen LogP contribution in [0.15, 0.2) is 39.1 Å². The molecule has 6 heteroatoms. The van der Waals surface area contributed by atoms with Crippen LogP contribution in [-0.4, -0.2) is 33.8 Å². The lowest BCUT2D eigenvalue weighted by atomic mass is 9.44. The molecule has 2 saturated carbocycles. The number of allylic oxidation sites excluding steroid dienone is 3. The molecule has 166 valence electrons. The van der Waals surface area contributed by atoms with Crippen molar-refractivity contribution in [3.8, 4) is 5.95 Å². The summed E-state index contributed by atoms with van der Waals surface area (Å²) in [7, 11) is 0. The summed E-state index contributed by atoms with van der Waals surface area (Å²) in [5.41, 5.74) is -3.74. The van der Waals surface area contributed by atoms with Crippen molar-refractivity contribution in [1.29, 1.82) is 0 Å². The zero-order valence-corrected chi connectivity index (χ0v) is 18.5. The van der Waals surface area contributed by atoms with Gasteiger partial charge in [-0.15, -0.1) is 0 Å². The molecular weight excluding hydrogens is 396 g/mol. The number of carbonyl (C=O) groups is 1. The Hall–Kier alpha value is -2.44. The van der Waals surface area contributed by atoms with Gasteiger partial charge in [0.2, 0.25) is 0 Å². The molecule has 0 bridgehead atoms. The minimum atomic E-state index is -1.44. The molecule has 3 unspecified atom stereocenters. The molecule has 6 nitrogen and oxygen atoms in total. The Kier molecular flexibility index (Phi) is 4.94. The Morgan fingerprint density at radius 1 is 1.13 bits per heavy atom. The zero-order valence-electron chi connectivity index (χ0n) is 18.5. The number of Topliss-reactive ketones (excluding diaryl/α,β-unsaturated/α-hetero) is 1. The Balaban J connectivity index is 1.90. The normalized spacial score (nSPS) is 34.1. The van der Waals surface area contributed by atoms with Gasteiger partial charge in [0.25, 0.3) is 5.95 Å². The summed E-state index contributed by atoms with van der Waals surface area (Å²) < 4.78 is 12.1. The molecule has 3 atom stereocenters. The van der Waals surface area contributed by atoms with Crippen molar-refractivity contribution in [3.63, 3.8) is 0 Å². The molecule has 0 amide bonds. The van der Waals surface area contributed by atoms with E-state index in [1.54, 1.807) is 32.1 Å². The van der Waals surface area contributed by atoms with Gasteiger partial charge in [0.15, 0.2) is 5.43 Å². The van der Waals surface area contributed by atoms with Crippen molar-refractivity contribution in [2.24, 2.45) is 10.8 Å². The van der Waals surface area contributed by atoms with E-state index in [1.165, 1.54) is 6.07 Å². The first kappa shape index (κ1) is 21.8. The molecular formula is C25H30O6. The van der Waals surface area contributed by atoms with Gasteiger partial charge >= 0.3 is 0 Å². The van der Waals surface area contributed by atoms with E-state index in [9.17, 15) is 19.8 Å². The number of hydrogen-bond acceptors (Lipinski definition) is 6. The average Bonchev–Trinajstić information content (AvgIpc) is 2.71. The van der Waals surface area contributed by atoms with Gasteiger partial charge in [0, 0.05) is 17.9 Å². The highest BCUT2D eigenvalue weighted by Crippen LogP contribution is 2.64. The third-order valence-electron chi connectivity index (χ3n) is 7.76. The lowest BCUT2D eigenvalue weighted by molar-refractivity contribution is -0.215. The van der Waals surface area contributed by atoms with Crippen molar-refractivity contribution in [3.05, 3.63) is 51.4 Å². The minimum Gasteiger partial charge on any atom is -0.454 e. The van der Waals surface area contributed by atoms with Crippen molar-refractivity contribution in [2.45, 2.75) is 64.6 Å². The van der Waals surface area contributed by atoms with E-state index in [0.717, 1.165) is 0 Å². The number of fused-ring (bicyclic) bond motifs is 4. The lowest BCUT2D eigenvalue weighted by Crippen LogP contribution is -2.71. The number of hydrogen-bond donors (Lipinski definition) is 2. The summed E-state index contributed by atoms with van der Waals surface area (Å²) in [6.07, 6.45) is 10.2. The molecule has 0 aromatic carbocycles. The highest BCUT2D eigenvalue weighted by Gasteiger charge is 2.70. The van der Waals surface area contributed by atoms with Crippen molar-refractivity contribution in [2.75, 3.05) is 6.61 Å². The van der Waals surface area contributed by atoms with Crippen LogP contribution >= 0.6 is 0 Å². The Morgan fingerprint density at radius 2 is 1.87 bits per heavy atom. The summed E-state index contributed by atoms with van der Waals surface area (Å²) >= 11 is 0. The molecule has 2 fully saturated rings. The van der Waals surface area contributed by atoms with Gasteiger partial charge in [-0.3, -0.25) is 9.59 Å². The fraction of sp³-hybridized carbons (Fsp3) is 0.520. The average molecular weight is 427 g/mol. The van der Waals surface area contributed by atoms with Gasteiger partial charge < -0.3 is 19.4 Å². The van der Waals surface area contributed by atoms with E-state index in [0.29, 0.717) is 30.6 Å². The fourth-order valence-electron chi connectivity index (χ4n) is 5.73. The van der Waals surface area contributed by atoms with E-state index in [2.05, 4.69) is 0 Å². The van der Waals surface area contributed by atoms with Crippen molar-refractivity contribution >= 4 is 17.9 Å². The predicted octanol–water partition coefficient (Wildman–Crippen LogP) is 3.66. The Morgan fingerprint density at radius 3 is 2.55 bits per heavy atom. The molecule has 0 radical (unpaired) electrons. The van der Waals surface area contributed by atoms with Crippen LogP contribution in [0.4, 0.5) is 0 Å². The summed E-state index contributed by atoms with van der Waals surface area (Å²) in [6.45, 7) is 6.94.